The Kier molecular flexibility index (Phi) is 3.35. The Bertz CT molecular complexity index is 165. The van der Waals surface area contributed by atoms with Crippen molar-refractivity contribution in [2.45, 2.75) is 11.8 Å². The van der Waals surface area contributed by atoms with Crippen molar-refractivity contribution in [3.05, 3.63) is 29.8 Å². The van der Waals surface area contributed by atoms with E-state index in [1.165, 1.54) is 5.56 Å². The van der Waals surface area contributed by atoms with Gasteiger partial charge in [-0.1, -0.05) is 18.2 Å². The molecule has 0 aliphatic heterocycles. The number of thiol groups is 1. The number of hydrogen-bond donors (Lipinski definition) is 2. The second kappa shape index (κ2) is 3.54. The van der Waals surface area contributed by atoms with Gasteiger partial charge in [0.2, 0.25) is 0 Å². The molecule has 0 amide bonds. The average molecular weight is 141 g/mol. The van der Waals surface area contributed by atoms with E-state index in [2.05, 4.69) is 12.6 Å². The molecule has 0 saturated carbocycles. The first-order valence-corrected chi connectivity index (χ1v) is 3.00. The molecule has 0 atom stereocenters. The Morgan fingerprint density at radius 1 is 1.22 bits per heavy atom. The van der Waals surface area contributed by atoms with E-state index in [0.29, 0.717) is 0 Å². The van der Waals surface area contributed by atoms with Gasteiger partial charge in [0.1, 0.15) is 0 Å². The largest absolute Gasteiger partial charge is 0.344 e. The maximum absolute atomic E-state index is 4.20. The molecule has 0 spiro atoms. The molecule has 3 N–H and O–H groups in total. The summed E-state index contributed by atoms with van der Waals surface area (Å²) in [4.78, 5) is 1.06. The van der Waals surface area contributed by atoms with E-state index in [4.69, 9.17) is 0 Å². The maximum atomic E-state index is 4.20. The number of aryl methyl sites for hydroxylation is 1. The van der Waals surface area contributed by atoms with Crippen LogP contribution >= 0.6 is 12.6 Å². The molecule has 0 saturated heterocycles. The predicted octanol–water partition coefficient (Wildman–Crippen LogP) is 2.45. The Balaban J connectivity index is 0.000000640. The zero-order valence-electron chi connectivity index (χ0n) is 5.46. The van der Waals surface area contributed by atoms with Crippen LogP contribution in [0.2, 0.25) is 0 Å². The number of benzene rings is 1. The van der Waals surface area contributed by atoms with Crippen LogP contribution in [0.3, 0.4) is 0 Å². The Morgan fingerprint density at radius 2 is 1.78 bits per heavy atom. The Labute approximate surface area is 61.1 Å². The molecule has 0 aromatic heterocycles. The molecule has 1 nitrogen and oxygen atoms in total. The third-order valence-electron chi connectivity index (χ3n) is 1.12. The molecular weight excluding hydrogens is 130 g/mol. The lowest BCUT2D eigenvalue weighted by molar-refractivity contribution is 1.31. The van der Waals surface area contributed by atoms with Gasteiger partial charge in [-0.05, 0) is 18.6 Å². The zero-order valence-corrected chi connectivity index (χ0v) is 6.36. The summed E-state index contributed by atoms with van der Waals surface area (Å²) in [5.74, 6) is 0. The van der Waals surface area contributed by atoms with Crippen LogP contribution in [0.5, 0.6) is 0 Å². The minimum Gasteiger partial charge on any atom is -0.344 e. The van der Waals surface area contributed by atoms with Crippen molar-refractivity contribution in [3.63, 3.8) is 0 Å². The minimum absolute atomic E-state index is 0. The van der Waals surface area contributed by atoms with Crippen molar-refractivity contribution in [1.29, 1.82) is 0 Å². The van der Waals surface area contributed by atoms with Gasteiger partial charge in [-0.25, -0.2) is 0 Å². The molecule has 0 fully saturated rings. The summed E-state index contributed by atoms with van der Waals surface area (Å²) in [6.07, 6.45) is 0. The number of hydrogen-bond acceptors (Lipinski definition) is 2. The van der Waals surface area contributed by atoms with E-state index in [9.17, 15) is 0 Å². The maximum Gasteiger partial charge on any atom is 0.00692 e. The van der Waals surface area contributed by atoms with Gasteiger partial charge in [-0.15, -0.1) is 12.6 Å². The van der Waals surface area contributed by atoms with Crippen LogP contribution in [0.4, 0.5) is 0 Å². The van der Waals surface area contributed by atoms with Crippen molar-refractivity contribution in [2.24, 2.45) is 0 Å². The predicted molar refractivity (Wildman–Crippen MR) is 43.5 cm³/mol. The van der Waals surface area contributed by atoms with Gasteiger partial charge in [0.25, 0.3) is 0 Å². The third-order valence-corrected chi connectivity index (χ3v) is 1.62. The van der Waals surface area contributed by atoms with Crippen LogP contribution in [0.15, 0.2) is 29.2 Å². The van der Waals surface area contributed by atoms with Crippen molar-refractivity contribution in [2.75, 3.05) is 0 Å². The summed E-state index contributed by atoms with van der Waals surface area (Å²) in [6.45, 7) is 2.04. The van der Waals surface area contributed by atoms with Gasteiger partial charge in [0, 0.05) is 4.90 Å². The molecule has 0 aliphatic rings. The van der Waals surface area contributed by atoms with Crippen molar-refractivity contribution in [3.8, 4) is 0 Å². The monoisotopic (exact) mass is 141 g/mol. The van der Waals surface area contributed by atoms with Gasteiger partial charge in [-0.2, -0.15) is 0 Å². The van der Waals surface area contributed by atoms with Gasteiger partial charge in [-0.3, -0.25) is 0 Å². The standard InChI is InChI=1S/C7H8S.H3N/c1-6-4-2-3-5-7(6)8;/h2-5,8H,1H3;1H3. The molecule has 9 heavy (non-hydrogen) atoms. The van der Waals surface area contributed by atoms with Gasteiger partial charge in [0.15, 0.2) is 0 Å². The van der Waals surface area contributed by atoms with E-state index in [1.807, 2.05) is 31.2 Å². The quantitative estimate of drug-likeness (QED) is 0.535. The van der Waals surface area contributed by atoms with Crippen LogP contribution in [0.25, 0.3) is 0 Å². The fraction of sp³-hybridized carbons (Fsp3) is 0.143. The molecule has 1 aromatic rings. The molecule has 0 radical (unpaired) electrons. The topological polar surface area (TPSA) is 35.0 Å². The van der Waals surface area contributed by atoms with E-state index in [0.717, 1.165) is 4.90 Å². The Hall–Kier alpha value is -0.470. The SMILES string of the molecule is Cc1ccccc1S.N. The molecule has 0 bridgehead atoms. The highest BCUT2D eigenvalue weighted by Crippen LogP contribution is 2.09. The first-order chi connectivity index (χ1) is 3.80. The minimum atomic E-state index is 0. The second-order valence-corrected chi connectivity index (χ2v) is 2.27. The highest BCUT2D eigenvalue weighted by Gasteiger charge is 1.84. The molecule has 0 unspecified atom stereocenters. The lowest BCUT2D eigenvalue weighted by atomic mass is 10.2. The Morgan fingerprint density at radius 3 is 2.11 bits per heavy atom. The van der Waals surface area contributed by atoms with Gasteiger partial charge >= 0.3 is 0 Å². The fourth-order valence-corrected chi connectivity index (χ4v) is 0.724. The molecular formula is C7H11NS. The summed E-state index contributed by atoms with van der Waals surface area (Å²) in [6, 6.07) is 8.02. The average Bonchev–Trinajstić information content (AvgIpc) is 1.77. The van der Waals surface area contributed by atoms with Crippen molar-refractivity contribution < 1.29 is 0 Å². The smallest absolute Gasteiger partial charge is 0.00692 e. The summed E-state index contributed by atoms with van der Waals surface area (Å²) >= 11 is 4.20. The summed E-state index contributed by atoms with van der Waals surface area (Å²) in [5, 5.41) is 0. The number of rotatable bonds is 0. The molecule has 0 heterocycles. The van der Waals surface area contributed by atoms with E-state index in [-0.39, 0.29) is 6.15 Å². The zero-order chi connectivity index (χ0) is 5.98. The van der Waals surface area contributed by atoms with Crippen molar-refractivity contribution >= 4 is 12.6 Å². The second-order valence-electron chi connectivity index (χ2n) is 1.79. The van der Waals surface area contributed by atoms with Crippen LogP contribution in [0.1, 0.15) is 5.56 Å². The third kappa shape index (κ3) is 2.08. The van der Waals surface area contributed by atoms with E-state index >= 15 is 0 Å². The molecule has 1 aromatic carbocycles. The highest BCUT2D eigenvalue weighted by atomic mass is 32.1. The first kappa shape index (κ1) is 8.53. The summed E-state index contributed by atoms with van der Waals surface area (Å²) in [7, 11) is 0. The fourth-order valence-electron chi connectivity index (χ4n) is 0.563. The van der Waals surface area contributed by atoms with Crippen LogP contribution in [-0.2, 0) is 0 Å². The lowest BCUT2D eigenvalue weighted by Crippen LogP contribution is -1.70. The summed E-state index contributed by atoms with van der Waals surface area (Å²) in [5.41, 5.74) is 1.23. The molecule has 0 aliphatic carbocycles. The molecule has 1 rings (SSSR count). The first-order valence-electron chi connectivity index (χ1n) is 2.55. The van der Waals surface area contributed by atoms with Crippen LogP contribution in [-0.4, -0.2) is 0 Å². The van der Waals surface area contributed by atoms with E-state index in [1.54, 1.807) is 0 Å². The van der Waals surface area contributed by atoms with Crippen LogP contribution < -0.4 is 6.15 Å². The van der Waals surface area contributed by atoms with Crippen LogP contribution in [0, 0.1) is 6.92 Å². The molecule has 2 heteroatoms. The lowest BCUT2D eigenvalue weighted by Gasteiger charge is -1.92. The normalized spacial score (nSPS) is 8.22. The van der Waals surface area contributed by atoms with Gasteiger partial charge in [0.05, 0.1) is 0 Å². The van der Waals surface area contributed by atoms with Gasteiger partial charge < -0.3 is 6.15 Å². The van der Waals surface area contributed by atoms with Crippen molar-refractivity contribution in [1.82, 2.24) is 6.15 Å². The van der Waals surface area contributed by atoms with E-state index < -0.39 is 0 Å². The molecule has 50 valence electrons. The summed E-state index contributed by atoms with van der Waals surface area (Å²) < 4.78 is 0. The highest BCUT2D eigenvalue weighted by molar-refractivity contribution is 7.80.